The Bertz CT molecular complexity index is 170. The van der Waals surface area contributed by atoms with Crippen LogP contribution in [0.4, 0.5) is 0 Å². The first-order valence-corrected chi connectivity index (χ1v) is 4.95. The molecule has 1 aliphatic heterocycles. The molecule has 1 saturated heterocycles. The Labute approximate surface area is 83.3 Å². The zero-order chi connectivity index (χ0) is 8.97. The first-order chi connectivity index (χ1) is 5.76. The molecule has 0 aliphatic carbocycles. The van der Waals surface area contributed by atoms with Crippen molar-refractivity contribution < 1.29 is 0 Å². The highest BCUT2D eigenvalue weighted by molar-refractivity contribution is 6.36. The van der Waals surface area contributed by atoms with Crippen LogP contribution >= 0.6 is 23.2 Å². The van der Waals surface area contributed by atoms with Gasteiger partial charge in [-0.25, -0.2) is 0 Å². The largest absolute Gasteiger partial charge is 0.330 e. The van der Waals surface area contributed by atoms with E-state index < -0.39 is 0 Å². The van der Waals surface area contributed by atoms with E-state index in [2.05, 4.69) is 4.90 Å². The molecule has 12 heavy (non-hydrogen) atoms. The Morgan fingerprint density at radius 3 is 2.92 bits per heavy atom. The normalized spacial score (nSPS) is 26.6. The molecular formula is C8H14Cl2N2. The Hall–Kier alpha value is 0.240. The van der Waals surface area contributed by atoms with Crippen LogP contribution in [0.25, 0.3) is 0 Å². The summed E-state index contributed by atoms with van der Waals surface area (Å²) in [7, 11) is 0. The summed E-state index contributed by atoms with van der Waals surface area (Å²) in [6, 6.07) is 0. The molecular weight excluding hydrogens is 195 g/mol. The van der Waals surface area contributed by atoms with Gasteiger partial charge in [0.25, 0.3) is 0 Å². The van der Waals surface area contributed by atoms with Crippen LogP contribution in [0.3, 0.4) is 0 Å². The molecule has 1 atom stereocenters. The van der Waals surface area contributed by atoms with Crippen molar-refractivity contribution in [3.05, 3.63) is 10.6 Å². The molecule has 4 heteroatoms. The number of likely N-dealkylation sites (tertiary alicyclic amines) is 1. The molecule has 1 aliphatic rings. The second-order valence-corrected chi connectivity index (χ2v) is 3.89. The van der Waals surface area contributed by atoms with E-state index in [1.54, 1.807) is 0 Å². The van der Waals surface area contributed by atoms with Crippen LogP contribution < -0.4 is 5.73 Å². The van der Waals surface area contributed by atoms with E-state index in [4.69, 9.17) is 28.9 Å². The third-order valence-corrected chi connectivity index (χ3v) is 2.80. The lowest BCUT2D eigenvalue weighted by molar-refractivity contribution is 0.358. The molecule has 1 fully saturated rings. The van der Waals surface area contributed by atoms with Crippen molar-refractivity contribution in [3.63, 3.8) is 0 Å². The highest BCUT2D eigenvalue weighted by atomic mass is 35.5. The Balaban J connectivity index is 2.28. The van der Waals surface area contributed by atoms with Gasteiger partial charge in [-0.15, -0.1) is 0 Å². The van der Waals surface area contributed by atoms with Gasteiger partial charge in [-0.3, -0.25) is 4.90 Å². The first-order valence-electron chi connectivity index (χ1n) is 4.13. The molecule has 1 heterocycles. The summed E-state index contributed by atoms with van der Waals surface area (Å²) in [5.41, 5.74) is 6.99. The summed E-state index contributed by atoms with van der Waals surface area (Å²) in [6.45, 7) is 3.68. The van der Waals surface area contributed by atoms with E-state index >= 15 is 0 Å². The Morgan fingerprint density at radius 1 is 1.67 bits per heavy atom. The number of hydrogen-bond acceptors (Lipinski definition) is 2. The summed E-state index contributed by atoms with van der Waals surface area (Å²) in [6.07, 6.45) is 1.18. The fraction of sp³-hybridized carbons (Fsp3) is 0.750. The second kappa shape index (κ2) is 5.07. The predicted octanol–water partition coefficient (Wildman–Crippen LogP) is 1.59. The van der Waals surface area contributed by atoms with E-state index in [-0.39, 0.29) is 0 Å². The topological polar surface area (TPSA) is 29.3 Å². The molecule has 0 aromatic carbocycles. The van der Waals surface area contributed by atoms with Gasteiger partial charge in [0, 0.05) is 23.7 Å². The lowest BCUT2D eigenvalue weighted by atomic mass is 10.1. The maximum atomic E-state index is 5.79. The number of hydrogen-bond donors (Lipinski definition) is 1. The highest BCUT2D eigenvalue weighted by Gasteiger charge is 2.20. The van der Waals surface area contributed by atoms with Crippen LogP contribution in [-0.2, 0) is 0 Å². The van der Waals surface area contributed by atoms with Gasteiger partial charge >= 0.3 is 0 Å². The van der Waals surface area contributed by atoms with Gasteiger partial charge in [0.05, 0.1) is 0 Å². The van der Waals surface area contributed by atoms with Crippen molar-refractivity contribution in [2.45, 2.75) is 6.42 Å². The molecule has 1 unspecified atom stereocenters. The van der Waals surface area contributed by atoms with Crippen LogP contribution in [0.1, 0.15) is 6.42 Å². The molecule has 0 spiro atoms. The van der Waals surface area contributed by atoms with Crippen molar-refractivity contribution >= 4 is 23.2 Å². The standard InChI is InChI=1S/C8H14Cl2N2/c9-3-8(10)6-12-2-1-7(4-11)5-12/h3,7H,1-2,4-6,11H2. The Morgan fingerprint density at radius 2 is 2.42 bits per heavy atom. The quantitative estimate of drug-likeness (QED) is 0.764. The van der Waals surface area contributed by atoms with E-state index in [1.807, 2.05) is 0 Å². The average Bonchev–Trinajstić information content (AvgIpc) is 2.52. The molecule has 2 N–H and O–H groups in total. The van der Waals surface area contributed by atoms with Gasteiger partial charge in [-0.2, -0.15) is 0 Å². The van der Waals surface area contributed by atoms with Gasteiger partial charge in [0.2, 0.25) is 0 Å². The minimum Gasteiger partial charge on any atom is -0.330 e. The number of nitrogens with two attached hydrogens (primary N) is 1. The van der Waals surface area contributed by atoms with Crippen LogP contribution in [-0.4, -0.2) is 31.1 Å². The molecule has 0 aromatic rings. The lowest BCUT2D eigenvalue weighted by Crippen LogP contribution is -2.24. The van der Waals surface area contributed by atoms with Gasteiger partial charge < -0.3 is 5.73 Å². The summed E-state index contributed by atoms with van der Waals surface area (Å²) < 4.78 is 0. The second-order valence-electron chi connectivity index (χ2n) is 3.18. The third kappa shape index (κ3) is 2.94. The SMILES string of the molecule is NCC1CCN(CC(Cl)=CCl)C1. The number of halogens is 2. The molecule has 1 rings (SSSR count). The number of rotatable bonds is 3. The lowest BCUT2D eigenvalue weighted by Gasteiger charge is -2.14. The summed E-state index contributed by atoms with van der Waals surface area (Å²) in [5, 5.41) is 0.703. The van der Waals surface area contributed by atoms with E-state index in [0.29, 0.717) is 11.0 Å². The van der Waals surface area contributed by atoms with E-state index in [9.17, 15) is 0 Å². The molecule has 0 radical (unpaired) electrons. The van der Waals surface area contributed by atoms with Crippen LogP contribution in [0, 0.1) is 5.92 Å². The van der Waals surface area contributed by atoms with Crippen LogP contribution in [0.2, 0.25) is 0 Å². The van der Waals surface area contributed by atoms with Crippen molar-refractivity contribution in [2.75, 3.05) is 26.2 Å². The van der Waals surface area contributed by atoms with Crippen LogP contribution in [0.15, 0.2) is 10.6 Å². The summed E-state index contributed by atoms with van der Waals surface area (Å²) >= 11 is 11.2. The smallest absolute Gasteiger partial charge is 0.0434 e. The molecule has 0 saturated carbocycles. The third-order valence-electron chi connectivity index (χ3n) is 2.20. The maximum absolute atomic E-state index is 5.79. The predicted molar refractivity (Wildman–Crippen MR) is 53.4 cm³/mol. The summed E-state index contributed by atoms with van der Waals surface area (Å²) in [5.74, 6) is 0.643. The fourth-order valence-corrected chi connectivity index (χ4v) is 1.74. The van der Waals surface area contributed by atoms with Gasteiger partial charge in [0.1, 0.15) is 0 Å². The summed E-state index contributed by atoms with van der Waals surface area (Å²) in [4.78, 5) is 2.28. The zero-order valence-corrected chi connectivity index (χ0v) is 8.48. The first kappa shape index (κ1) is 10.3. The molecule has 0 amide bonds. The maximum Gasteiger partial charge on any atom is 0.0434 e. The minimum atomic E-state index is 0.643. The Kier molecular flexibility index (Phi) is 4.36. The molecule has 0 bridgehead atoms. The molecule has 0 aromatic heterocycles. The monoisotopic (exact) mass is 208 g/mol. The minimum absolute atomic E-state index is 0.643. The molecule has 70 valence electrons. The number of nitrogens with zero attached hydrogens (tertiary/aromatic N) is 1. The van der Waals surface area contributed by atoms with E-state index in [1.165, 1.54) is 12.0 Å². The zero-order valence-electron chi connectivity index (χ0n) is 6.97. The van der Waals surface area contributed by atoms with Crippen molar-refractivity contribution in [1.29, 1.82) is 0 Å². The van der Waals surface area contributed by atoms with E-state index in [0.717, 1.165) is 26.2 Å². The van der Waals surface area contributed by atoms with Gasteiger partial charge in [0.15, 0.2) is 0 Å². The van der Waals surface area contributed by atoms with Crippen LogP contribution in [0.5, 0.6) is 0 Å². The van der Waals surface area contributed by atoms with Crippen molar-refractivity contribution in [2.24, 2.45) is 11.7 Å². The average molecular weight is 209 g/mol. The van der Waals surface area contributed by atoms with Gasteiger partial charge in [-0.05, 0) is 25.4 Å². The van der Waals surface area contributed by atoms with Gasteiger partial charge in [-0.1, -0.05) is 23.2 Å². The van der Waals surface area contributed by atoms with Crippen molar-refractivity contribution in [3.8, 4) is 0 Å². The van der Waals surface area contributed by atoms with Crippen molar-refractivity contribution in [1.82, 2.24) is 4.90 Å². The fourth-order valence-electron chi connectivity index (χ4n) is 1.50. The highest BCUT2D eigenvalue weighted by Crippen LogP contribution is 2.17. The molecule has 2 nitrogen and oxygen atoms in total.